The standard InChI is InChI=1S/C28H28N2O3/c1-18(2)17-33-22-15-13-21(14-16-22)25-26(29-23-11-7-5-9-19(23)3)28(32)30(27(25)31)24-12-8-6-10-20(24)4/h5-16,18,29H,17H2,1-4H3. The molecule has 1 heterocycles. The Morgan fingerprint density at radius 2 is 1.45 bits per heavy atom. The topological polar surface area (TPSA) is 58.6 Å². The minimum atomic E-state index is -0.368. The second-order valence-corrected chi connectivity index (χ2v) is 8.65. The number of para-hydroxylation sites is 2. The summed E-state index contributed by atoms with van der Waals surface area (Å²) in [6, 6.07) is 22.4. The molecule has 1 aliphatic heterocycles. The van der Waals surface area contributed by atoms with Crippen LogP contribution >= 0.6 is 0 Å². The van der Waals surface area contributed by atoms with E-state index in [0.717, 1.165) is 22.6 Å². The van der Waals surface area contributed by atoms with Crippen LogP contribution in [-0.2, 0) is 9.59 Å². The fourth-order valence-electron chi connectivity index (χ4n) is 3.78. The van der Waals surface area contributed by atoms with Gasteiger partial charge in [0.15, 0.2) is 0 Å². The molecule has 0 saturated carbocycles. The molecule has 0 atom stereocenters. The number of carbonyl (C=O) groups excluding carboxylic acids is 2. The minimum Gasteiger partial charge on any atom is -0.493 e. The van der Waals surface area contributed by atoms with Gasteiger partial charge in [-0.1, -0.05) is 62.4 Å². The molecule has 0 spiro atoms. The minimum absolute atomic E-state index is 0.272. The maximum atomic E-state index is 13.6. The lowest BCUT2D eigenvalue weighted by atomic mass is 10.0. The van der Waals surface area contributed by atoms with Crippen molar-refractivity contribution in [1.29, 1.82) is 0 Å². The number of benzene rings is 3. The third-order valence-electron chi connectivity index (χ3n) is 5.57. The van der Waals surface area contributed by atoms with Crippen molar-refractivity contribution in [3.8, 4) is 5.75 Å². The lowest BCUT2D eigenvalue weighted by Crippen LogP contribution is -2.33. The van der Waals surface area contributed by atoms with Crippen LogP contribution in [0.4, 0.5) is 11.4 Å². The van der Waals surface area contributed by atoms with Crippen molar-refractivity contribution in [3.05, 3.63) is 95.2 Å². The zero-order chi connectivity index (χ0) is 23.5. The van der Waals surface area contributed by atoms with Crippen molar-refractivity contribution in [1.82, 2.24) is 0 Å². The second-order valence-electron chi connectivity index (χ2n) is 8.65. The maximum Gasteiger partial charge on any atom is 0.282 e. The zero-order valence-electron chi connectivity index (χ0n) is 19.4. The van der Waals surface area contributed by atoms with Crippen LogP contribution in [0.5, 0.6) is 5.75 Å². The zero-order valence-corrected chi connectivity index (χ0v) is 19.4. The molecular weight excluding hydrogens is 412 g/mol. The van der Waals surface area contributed by atoms with Gasteiger partial charge in [-0.3, -0.25) is 9.59 Å². The van der Waals surface area contributed by atoms with Crippen LogP contribution in [-0.4, -0.2) is 18.4 Å². The van der Waals surface area contributed by atoms with Crippen LogP contribution in [0.1, 0.15) is 30.5 Å². The van der Waals surface area contributed by atoms with Gasteiger partial charge in [0.2, 0.25) is 0 Å². The van der Waals surface area contributed by atoms with Crippen molar-refractivity contribution in [3.63, 3.8) is 0 Å². The molecule has 0 bridgehead atoms. The second kappa shape index (κ2) is 9.33. The third kappa shape index (κ3) is 4.53. The number of amides is 2. The van der Waals surface area contributed by atoms with E-state index in [4.69, 9.17) is 4.74 Å². The van der Waals surface area contributed by atoms with E-state index in [1.54, 1.807) is 6.07 Å². The van der Waals surface area contributed by atoms with Gasteiger partial charge in [-0.25, -0.2) is 4.90 Å². The average Bonchev–Trinajstić information content (AvgIpc) is 3.04. The van der Waals surface area contributed by atoms with Gasteiger partial charge in [-0.05, 0) is 60.7 Å². The van der Waals surface area contributed by atoms with E-state index < -0.39 is 0 Å². The van der Waals surface area contributed by atoms with Crippen LogP contribution in [0.3, 0.4) is 0 Å². The van der Waals surface area contributed by atoms with E-state index in [0.29, 0.717) is 29.3 Å². The highest BCUT2D eigenvalue weighted by Crippen LogP contribution is 2.35. The first-order valence-electron chi connectivity index (χ1n) is 11.1. The predicted octanol–water partition coefficient (Wildman–Crippen LogP) is 5.73. The molecule has 0 unspecified atom stereocenters. The van der Waals surface area contributed by atoms with Gasteiger partial charge >= 0.3 is 0 Å². The van der Waals surface area contributed by atoms with E-state index in [1.807, 2.05) is 80.6 Å². The Bertz CT molecular complexity index is 1230. The molecule has 168 valence electrons. The molecule has 5 heteroatoms. The number of nitrogens with zero attached hydrogens (tertiary/aromatic N) is 1. The van der Waals surface area contributed by atoms with Gasteiger partial charge in [0, 0.05) is 5.69 Å². The predicted molar refractivity (Wildman–Crippen MR) is 132 cm³/mol. The first-order valence-corrected chi connectivity index (χ1v) is 11.1. The first kappa shape index (κ1) is 22.3. The first-order chi connectivity index (χ1) is 15.9. The Labute approximate surface area is 194 Å². The third-order valence-corrected chi connectivity index (χ3v) is 5.57. The summed E-state index contributed by atoms with van der Waals surface area (Å²) < 4.78 is 5.78. The Morgan fingerprint density at radius 1 is 0.818 bits per heavy atom. The summed E-state index contributed by atoms with van der Waals surface area (Å²) in [7, 11) is 0. The molecule has 0 saturated heterocycles. The number of carbonyl (C=O) groups is 2. The lowest BCUT2D eigenvalue weighted by molar-refractivity contribution is -0.120. The summed E-state index contributed by atoms with van der Waals surface area (Å²) in [5, 5.41) is 3.25. The molecule has 1 aliphatic rings. The van der Waals surface area contributed by atoms with E-state index >= 15 is 0 Å². The molecule has 0 aromatic heterocycles. The van der Waals surface area contributed by atoms with Crippen molar-refractivity contribution in [2.75, 3.05) is 16.8 Å². The van der Waals surface area contributed by atoms with Crippen molar-refractivity contribution in [2.24, 2.45) is 5.92 Å². The molecule has 2 amide bonds. The quantitative estimate of drug-likeness (QED) is 0.476. The highest BCUT2D eigenvalue weighted by Gasteiger charge is 2.40. The Balaban J connectivity index is 1.77. The van der Waals surface area contributed by atoms with Gasteiger partial charge in [-0.2, -0.15) is 0 Å². The molecule has 0 fully saturated rings. The van der Waals surface area contributed by atoms with Crippen molar-refractivity contribution < 1.29 is 14.3 Å². The largest absolute Gasteiger partial charge is 0.493 e. The lowest BCUT2D eigenvalue weighted by Gasteiger charge is -2.18. The van der Waals surface area contributed by atoms with Gasteiger partial charge in [0.1, 0.15) is 11.4 Å². The highest BCUT2D eigenvalue weighted by atomic mass is 16.5. The maximum absolute atomic E-state index is 13.6. The van der Waals surface area contributed by atoms with E-state index in [9.17, 15) is 9.59 Å². The Hall–Kier alpha value is -3.86. The number of aryl methyl sites for hydroxylation is 2. The smallest absolute Gasteiger partial charge is 0.282 e. The normalized spacial score (nSPS) is 13.8. The Kier molecular flexibility index (Phi) is 6.31. The summed E-state index contributed by atoms with van der Waals surface area (Å²) in [4.78, 5) is 28.5. The number of imide groups is 1. The number of anilines is 2. The summed E-state index contributed by atoms with van der Waals surface area (Å²) in [5.41, 5.74) is 4.50. The fraction of sp³-hybridized carbons (Fsp3) is 0.214. The van der Waals surface area contributed by atoms with Crippen molar-refractivity contribution >= 4 is 28.8 Å². The molecule has 3 aromatic rings. The molecular formula is C28H28N2O3. The number of rotatable bonds is 7. The number of hydrogen-bond donors (Lipinski definition) is 1. The molecule has 33 heavy (non-hydrogen) atoms. The summed E-state index contributed by atoms with van der Waals surface area (Å²) in [6.07, 6.45) is 0. The van der Waals surface area contributed by atoms with Gasteiger partial charge in [0.25, 0.3) is 11.8 Å². The van der Waals surface area contributed by atoms with E-state index in [-0.39, 0.29) is 17.5 Å². The SMILES string of the molecule is Cc1ccccc1NC1=C(c2ccc(OCC(C)C)cc2)C(=O)N(c2ccccc2C)C1=O. The molecule has 5 nitrogen and oxygen atoms in total. The molecule has 1 N–H and O–H groups in total. The van der Waals surface area contributed by atoms with Crippen LogP contribution in [0, 0.1) is 19.8 Å². The van der Waals surface area contributed by atoms with Gasteiger partial charge < -0.3 is 10.1 Å². The average molecular weight is 441 g/mol. The number of ether oxygens (including phenoxy) is 1. The van der Waals surface area contributed by atoms with Crippen molar-refractivity contribution in [2.45, 2.75) is 27.7 Å². The molecule has 3 aromatic carbocycles. The van der Waals surface area contributed by atoms with E-state index in [1.165, 1.54) is 4.90 Å². The number of hydrogen-bond acceptors (Lipinski definition) is 4. The number of nitrogens with one attached hydrogen (secondary N) is 1. The van der Waals surface area contributed by atoms with Crippen LogP contribution in [0.15, 0.2) is 78.5 Å². The molecule has 0 aliphatic carbocycles. The van der Waals surface area contributed by atoms with E-state index in [2.05, 4.69) is 19.2 Å². The summed E-state index contributed by atoms with van der Waals surface area (Å²) in [6.45, 7) is 8.64. The molecule has 4 rings (SSSR count). The van der Waals surface area contributed by atoms with Crippen LogP contribution in [0.25, 0.3) is 5.57 Å². The van der Waals surface area contributed by atoms with Gasteiger partial charge in [0.05, 0.1) is 17.9 Å². The monoisotopic (exact) mass is 440 g/mol. The summed E-state index contributed by atoms with van der Waals surface area (Å²) in [5.74, 6) is 0.428. The van der Waals surface area contributed by atoms with Gasteiger partial charge in [-0.15, -0.1) is 0 Å². The van der Waals surface area contributed by atoms with Crippen LogP contribution in [0.2, 0.25) is 0 Å². The highest BCUT2D eigenvalue weighted by molar-refractivity contribution is 6.46. The van der Waals surface area contributed by atoms with Crippen LogP contribution < -0.4 is 15.0 Å². The fourth-order valence-corrected chi connectivity index (χ4v) is 3.78. The Morgan fingerprint density at radius 3 is 2.09 bits per heavy atom. The summed E-state index contributed by atoms with van der Waals surface area (Å²) >= 11 is 0. The molecule has 0 radical (unpaired) electrons.